The van der Waals surface area contributed by atoms with Gasteiger partial charge >= 0.3 is 0 Å². The molecule has 2 amide bonds. The third-order valence-electron chi connectivity index (χ3n) is 6.70. The number of benzene rings is 1. The summed E-state index contributed by atoms with van der Waals surface area (Å²) in [5, 5.41) is 4.20. The first-order valence-corrected chi connectivity index (χ1v) is 11.7. The summed E-state index contributed by atoms with van der Waals surface area (Å²) in [4.78, 5) is 34.2. The van der Waals surface area contributed by atoms with Crippen molar-refractivity contribution in [1.82, 2.24) is 24.6 Å². The molecule has 0 radical (unpaired) electrons. The van der Waals surface area contributed by atoms with Crippen LogP contribution in [0.4, 0.5) is 0 Å². The predicted molar refractivity (Wildman–Crippen MR) is 127 cm³/mol. The molecule has 8 heteroatoms. The lowest BCUT2D eigenvalue weighted by Gasteiger charge is -2.42. The molecule has 0 bridgehead atoms. The molecule has 4 heterocycles. The SMILES string of the molecule is Cn1cc(-c2cccc(C(=O)N3CCC[C@@]4(CC3)CN(Cc3ccccc3)C(=O)CO4)n2)cn1. The molecule has 0 saturated carbocycles. The first kappa shape index (κ1) is 22.3. The Morgan fingerprint density at radius 2 is 1.94 bits per heavy atom. The fourth-order valence-electron chi connectivity index (χ4n) is 4.84. The second-order valence-corrected chi connectivity index (χ2v) is 9.16. The molecule has 8 nitrogen and oxygen atoms in total. The van der Waals surface area contributed by atoms with E-state index < -0.39 is 5.60 Å². The van der Waals surface area contributed by atoms with E-state index in [1.807, 2.05) is 65.5 Å². The van der Waals surface area contributed by atoms with E-state index in [9.17, 15) is 9.59 Å². The molecular formula is C26H29N5O3. The van der Waals surface area contributed by atoms with Gasteiger partial charge in [-0.25, -0.2) is 4.98 Å². The normalized spacial score (nSPS) is 21.0. The van der Waals surface area contributed by atoms with Crippen molar-refractivity contribution in [3.8, 4) is 11.3 Å². The molecule has 0 N–H and O–H groups in total. The van der Waals surface area contributed by atoms with Crippen molar-refractivity contribution in [3.05, 3.63) is 72.2 Å². The monoisotopic (exact) mass is 459 g/mol. The van der Waals surface area contributed by atoms with E-state index in [1.54, 1.807) is 16.9 Å². The Bertz CT molecular complexity index is 1180. The number of nitrogens with zero attached hydrogens (tertiary/aromatic N) is 5. The van der Waals surface area contributed by atoms with Crippen LogP contribution in [0.2, 0.25) is 0 Å². The van der Waals surface area contributed by atoms with Crippen LogP contribution in [0.3, 0.4) is 0 Å². The molecule has 1 atom stereocenters. The molecule has 5 rings (SSSR count). The van der Waals surface area contributed by atoms with Gasteiger partial charge < -0.3 is 14.5 Å². The highest BCUT2D eigenvalue weighted by molar-refractivity contribution is 5.93. The fraction of sp³-hybridized carbons (Fsp3) is 0.385. The first-order chi connectivity index (χ1) is 16.5. The zero-order valence-corrected chi connectivity index (χ0v) is 19.4. The number of hydrogen-bond donors (Lipinski definition) is 0. The van der Waals surface area contributed by atoms with Gasteiger partial charge in [-0.2, -0.15) is 5.10 Å². The summed E-state index contributed by atoms with van der Waals surface area (Å²) in [6.45, 7) is 2.45. The van der Waals surface area contributed by atoms with Crippen molar-refractivity contribution >= 4 is 11.8 Å². The van der Waals surface area contributed by atoms with Crippen LogP contribution in [0.15, 0.2) is 60.9 Å². The second-order valence-electron chi connectivity index (χ2n) is 9.16. The van der Waals surface area contributed by atoms with E-state index in [-0.39, 0.29) is 18.4 Å². The van der Waals surface area contributed by atoms with Crippen molar-refractivity contribution in [3.63, 3.8) is 0 Å². The fourth-order valence-corrected chi connectivity index (χ4v) is 4.84. The summed E-state index contributed by atoms with van der Waals surface area (Å²) in [6.07, 6.45) is 5.96. The molecular weight excluding hydrogens is 430 g/mol. The minimum Gasteiger partial charge on any atom is -0.363 e. The number of carbonyl (C=O) groups is 2. The van der Waals surface area contributed by atoms with Crippen LogP contribution >= 0.6 is 0 Å². The van der Waals surface area contributed by atoms with Crippen molar-refractivity contribution in [2.45, 2.75) is 31.4 Å². The van der Waals surface area contributed by atoms with Crippen molar-refractivity contribution in [1.29, 1.82) is 0 Å². The lowest BCUT2D eigenvalue weighted by molar-refractivity contribution is -0.166. The average molecular weight is 460 g/mol. The molecule has 1 spiro atoms. The molecule has 34 heavy (non-hydrogen) atoms. The van der Waals surface area contributed by atoms with Crippen LogP contribution in [0.25, 0.3) is 11.3 Å². The van der Waals surface area contributed by atoms with Crippen LogP contribution in [-0.4, -0.2) is 68.2 Å². The number of carbonyl (C=O) groups excluding carboxylic acids is 2. The molecule has 2 aliphatic rings. The van der Waals surface area contributed by atoms with Crippen LogP contribution in [-0.2, 0) is 23.1 Å². The lowest BCUT2D eigenvalue weighted by Crippen LogP contribution is -2.54. The Kier molecular flexibility index (Phi) is 6.15. The van der Waals surface area contributed by atoms with Gasteiger partial charge in [-0.15, -0.1) is 0 Å². The molecule has 0 unspecified atom stereocenters. The average Bonchev–Trinajstić information content (AvgIpc) is 3.19. The van der Waals surface area contributed by atoms with Crippen LogP contribution in [0, 0.1) is 0 Å². The maximum absolute atomic E-state index is 13.3. The smallest absolute Gasteiger partial charge is 0.272 e. The van der Waals surface area contributed by atoms with E-state index >= 15 is 0 Å². The summed E-state index contributed by atoms with van der Waals surface area (Å²) >= 11 is 0. The minimum absolute atomic E-state index is 0.0167. The highest BCUT2D eigenvalue weighted by Crippen LogP contribution is 2.32. The third-order valence-corrected chi connectivity index (χ3v) is 6.70. The van der Waals surface area contributed by atoms with Gasteiger partial charge in [-0.3, -0.25) is 14.3 Å². The molecule has 2 aliphatic heterocycles. The van der Waals surface area contributed by atoms with Gasteiger partial charge in [0.2, 0.25) is 5.91 Å². The quantitative estimate of drug-likeness (QED) is 0.599. The molecule has 2 aromatic heterocycles. The van der Waals surface area contributed by atoms with Crippen molar-refractivity contribution in [2.24, 2.45) is 7.05 Å². The van der Waals surface area contributed by atoms with Gasteiger partial charge in [0.05, 0.1) is 24.0 Å². The van der Waals surface area contributed by atoms with E-state index in [1.165, 1.54) is 0 Å². The number of amides is 2. The Labute approximate surface area is 199 Å². The molecule has 176 valence electrons. The molecule has 1 aromatic carbocycles. The number of pyridine rings is 1. The number of rotatable bonds is 4. The van der Waals surface area contributed by atoms with Gasteiger partial charge in [0.1, 0.15) is 12.3 Å². The van der Waals surface area contributed by atoms with E-state index in [4.69, 9.17) is 4.74 Å². The molecule has 0 aliphatic carbocycles. The van der Waals surface area contributed by atoms with Crippen LogP contribution in [0.5, 0.6) is 0 Å². The van der Waals surface area contributed by atoms with Gasteiger partial charge in [-0.1, -0.05) is 36.4 Å². The van der Waals surface area contributed by atoms with Gasteiger partial charge in [0.25, 0.3) is 5.91 Å². The molecule has 2 saturated heterocycles. The lowest BCUT2D eigenvalue weighted by atomic mass is 9.92. The van der Waals surface area contributed by atoms with Gasteiger partial charge in [0.15, 0.2) is 0 Å². The molecule has 2 fully saturated rings. The number of aromatic nitrogens is 3. The van der Waals surface area contributed by atoms with Crippen LogP contribution in [0.1, 0.15) is 35.3 Å². The van der Waals surface area contributed by atoms with Gasteiger partial charge in [-0.05, 0) is 37.0 Å². The number of ether oxygens (including phenoxy) is 1. The van der Waals surface area contributed by atoms with Crippen molar-refractivity contribution in [2.75, 3.05) is 26.2 Å². The van der Waals surface area contributed by atoms with E-state index in [0.717, 1.165) is 29.7 Å². The van der Waals surface area contributed by atoms with E-state index in [2.05, 4.69) is 10.1 Å². The summed E-state index contributed by atoms with van der Waals surface area (Å²) in [7, 11) is 1.85. The Morgan fingerprint density at radius 1 is 1.09 bits per heavy atom. The summed E-state index contributed by atoms with van der Waals surface area (Å²) in [6, 6.07) is 15.5. The number of aryl methyl sites for hydroxylation is 1. The minimum atomic E-state index is -0.414. The number of morpholine rings is 1. The Balaban J connectivity index is 1.27. The molecule has 3 aromatic rings. The maximum atomic E-state index is 13.3. The first-order valence-electron chi connectivity index (χ1n) is 11.7. The highest BCUT2D eigenvalue weighted by atomic mass is 16.5. The zero-order chi connectivity index (χ0) is 23.5. The maximum Gasteiger partial charge on any atom is 0.272 e. The number of likely N-dealkylation sites (tertiary alicyclic amines) is 1. The van der Waals surface area contributed by atoms with E-state index in [0.29, 0.717) is 38.3 Å². The predicted octanol–water partition coefficient (Wildman–Crippen LogP) is 2.91. The topological polar surface area (TPSA) is 80.6 Å². The zero-order valence-electron chi connectivity index (χ0n) is 19.4. The Hall–Kier alpha value is -3.52. The Morgan fingerprint density at radius 3 is 2.74 bits per heavy atom. The summed E-state index contributed by atoms with van der Waals surface area (Å²) < 4.78 is 7.84. The van der Waals surface area contributed by atoms with Gasteiger partial charge in [0, 0.05) is 38.4 Å². The largest absolute Gasteiger partial charge is 0.363 e. The summed E-state index contributed by atoms with van der Waals surface area (Å²) in [5.41, 5.74) is 2.74. The van der Waals surface area contributed by atoms with Crippen molar-refractivity contribution < 1.29 is 14.3 Å². The van der Waals surface area contributed by atoms with Crippen LogP contribution < -0.4 is 0 Å². The number of hydrogen-bond acceptors (Lipinski definition) is 5. The second kappa shape index (κ2) is 9.38. The summed E-state index contributed by atoms with van der Waals surface area (Å²) in [5.74, 6) is -0.0566. The highest BCUT2D eigenvalue weighted by Gasteiger charge is 2.41. The standard InChI is InChI=1S/C26H29N5O3/c1-29-17-21(15-27-29)22-9-5-10-23(28-22)25(33)30-13-6-11-26(12-14-30)19-31(24(32)18-34-26)16-20-7-3-2-4-8-20/h2-5,7-10,15,17H,6,11-14,16,18-19H2,1H3/t26-/m1/s1. The third kappa shape index (κ3) is 4.72.